The van der Waals surface area contributed by atoms with Crippen molar-refractivity contribution in [2.75, 3.05) is 26.7 Å². The third-order valence-corrected chi connectivity index (χ3v) is 5.54. The van der Waals surface area contributed by atoms with Crippen molar-refractivity contribution in [3.8, 4) is 0 Å². The highest BCUT2D eigenvalue weighted by molar-refractivity contribution is 7.87. The van der Waals surface area contributed by atoms with Gasteiger partial charge in [-0.2, -0.15) is 12.7 Å². The van der Waals surface area contributed by atoms with Crippen molar-refractivity contribution in [3.63, 3.8) is 0 Å². The van der Waals surface area contributed by atoms with Crippen LogP contribution in [0.2, 0.25) is 0 Å². The molecule has 1 rings (SSSR count). The third kappa shape index (κ3) is 6.21. The van der Waals surface area contributed by atoms with E-state index in [1.165, 1.54) is 30.0 Å². The molecule has 6 heteroatoms. The van der Waals surface area contributed by atoms with Crippen LogP contribution >= 0.6 is 0 Å². The average Bonchev–Trinajstić information content (AvgIpc) is 2.35. The van der Waals surface area contributed by atoms with Crippen LogP contribution in [-0.4, -0.2) is 39.4 Å². The smallest absolute Gasteiger partial charge is 0.279 e. The summed E-state index contributed by atoms with van der Waals surface area (Å²) in [6.45, 7) is 3.83. The van der Waals surface area contributed by atoms with Gasteiger partial charge in [0.15, 0.2) is 0 Å². The van der Waals surface area contributed by atoms with Crippen molar-refractivity contribution < 1.29 is 8.42 Å². The Bertz CT molecular complexity index is 346. The molecule has 0 aromatic rings. The van der Waals surface area contributed by atoms with E-state index in [2.05, 4.69) is 11.6 Å². The Morgan fingerprint density at radius 2 is 2.11 bits per heavy atom. The number of nitrogens with zero attached hydrogens (tertiary/aromatic N) is 1. The number of hydrogen-bond donors (Lipinski definition) is 2. The van der Waals surface area contributed by atoms with Crippen LogP contribution in [0, 0.1) is 11.8 Å². The Hall–Kier alpha value is -0.170. The lowest BCUT2D eigenvalue weighted by Crippen LogP contribution is -2.40. The summed E-state index contributed by atoms with van der Waals surface area (Å²) in [6, 6.07) is 0. The summed E-state index contributed by atoms with van der Waals surface area (Å²) in [6.07, 6.45) is 6.74. The minimum absolute atomic E-state index is 0.478. The lowest BCUT2D eigenvalue weighted by Gasteiger charge is -2.27. The van der Waals surface area contributed by atoms with E-state index in [-0.39, 0.29) is 0 Å². The molecule has 1 aliphatic rings. The first-order valence-corrected chi connectivity index (χ1v) is 8.80. The fourth-order valence-corrected chi connectivity index (χ4v) is 3.72. The first kappa shape index (κ1) is 16.9. The van der Waals surface area contributed by atoms with Crippen LogP contribution in [0.5, 0.6) is 0 Å². The molecular formula is C13H29N3O2S. The number of nitrogens with one attached hydrogen (secondary N) is 1. The van der Waals surface area contributed by atoms with E-state index in [1.54, 1.807) is 7.05 Å². The van der Waals surface area contributed by atoms with E-state index < -0.39 is 10.2 Å². The molecule has 3 N–H and O–H groups in total. The van der Waals surface area contributed by atoms with Crippen LogP contribution in [-0.2, 0) is 10.2 Å². The predicted molar refractivity (Wildman–Crippen MR) is 79.0 cm³/mol. The average molecular weight is 291 g/mol. The van der Waals surface area contributed by atoms with Crippen molar-refractivity contribution in [1.29, 1.82) is 0 Å². The Labute approximate surface area is 118 Å². The molecule has 0 aromatic carbocycles. The van der Waals surface area contributed by atoms with Gasteiger partial charge in [0.05, 0.1) is 0 Å². The topological polar surface area (TPSA) is 75.4 Å². The van der Waals surface area contributed by atoms with Crippen LogP contribution in [0.3, 0.4) is 0 Å². The van der Waals surface area contributed by atoms with E-state index in [9.17, 15) is 8.42 Å². The normalized spacial score (nSPS) is 24.8. The second-order valence-electron chi connectivity index (χ2n) is 5.79. The molecule has 0 spiro atoms. The summed E-state index contributed by atoms with van der Waals surface area (Å²) in [5.41, 5.74) is 5.39. The Kier molecular flexibility index (Phi) is 7.28. The molecular weight excluding hydrogens is 262 g/mol. The zero-order valence-electron chi connectivity index (χ0n) is 12.3. The molecule has 0 amide bonds. The molecule has 2 unspecified atom stereocenters. The van der Waals surface area contributed by atoms with Gasteiger partial charge in [-0.15, -0.1) is 0 Å². The zero-order valence-corrected chi connectivity index (χ0v) is 13.1. The minimum atomic E-state index is -3.32. The van der Waals surface area contributed by atoms with E-state index in [4.69, 9.17) is 5.73 Å². The van der Waals surface area contributed by atoms with Gasteiger partial charge in [-0.3, -0.25) is 0 Å². The molecule has 1 aliphatic carbocycles. The first-order valence-electron chi connectivity index (χ1n) is 7.36. The SMILES string of the molecule is CC1CCCC(CCNS(=O)(=O)N(C)CCCN)C1. The fourth-order valence-electron chi connectivity index (χ4n) is 2.76. The van der Waals surface area contributed by atoms with E-state index in [1.807, 2.05) is 0 Å². The van der Waals surface area contributed by atoms with Crippen molar-refractivity contribution >= 4 is 10.2 Å². The van der Waals surface area contributed by atoms with Crippen LogP contribution in [0.1, 0.15) is 45.4 Å². The second kappa shape index (κ2) is 8.19. The van der Waals surface area contributed by atoms with E-state index in [0.717, 1.165) is 12.3 Å². The summed E-state index contributed by atoms with van der Waals surface area (Å²) >= 11 is 0. The lowest BCUT2D eigenvalue weighted by molar-refractivity contribution is 0.270. The Morgan fingerprint density at radius 1 is 1.37 bits per heavy atom. The molecule has 2 atom stereocenters. The third-order valence-electron chi connectivity index (χ3n) is 3.97. The van der Waals surface area contributed by atoms with Crippen LogP contribution < -0.4 is 10.5 Å². The van der Waals surface area contributed by atoms with E-state index >= 15 is 0 Å². The van der Waals surface area contributed by atoms with Gasteiger partial charge in [0.25, 0.3) is 10.2 Å². The highest BCUT2D eigenvalue weighted by Crippen LogP contribution is 2.30. The lowest BCUT2D eigenvalue weighted by atomic mass is 9.81. The summed E-state index contributed by atoms with van der Waals surface area (Å²) in [7, 11) is -1.72. The summed E-state index contributed by atoms with van der Waals surface area (Å²) in [5.74, 6) is 1.48. The van der Waals surface area contributed by atoms with Crippen LogP contribution in [0.25, 0.3) is 0 Å². The molecule has 1 saturated carbocycles. The fraction of sp³-hybridized carbons (Fsp3) is 1.00. The molecule has 5 nitrogen and oxygen atoms in total. The van der Waals surface area contributed by atoms with Crippen molar-refractivity contribution in [2.45, 2.75) is 45.4 Å². The summed E-state index contributed by atoms with van der Waals surface area (Å²) in [4.78, 5) is 0. The standard InChI is InChI=1S/C13H29N3O2S/c1-12-5-3-6-13(11-12)7-9-15-19(17,18)16(2)10-4-8-14/h12-13,15H,3-11,14H2,1-2H3. The molecule has 114 valence electrons. The first-order chi connectivity index (χ1) is 8.95. The van der Waals surface area contributed by atoms with Crippen LogP contribution in [0.15, 0.2) is 0 Å². The quantitative estimate of drug-likeness (QED) is 0.708. The van der Waals surface area contributed by atoms with Crippen molar-refractivity contribution in [1.82, 2.24) is 9.03 Å². The zero-order chi connectivity index (χ0) is 14.3. The molecule has 1 fully saturated rings. The maximum atomic E-state index is 11.9. The number of nitrogens with two attached hydrogens (primary N) is 1. The molecule has 0 aromatic heterocycles. The Morgan fingerprint density at radius 3 is 2.74 bits per heavy atom. The monoisotopic (exact) mass is 291 g/mol. The molecule has 19 heavy (non-hydrogen) atoms. The van der Waals surface area contributed by atoms with Crippen molar-refractivity contribution in [3.05, 3.63) is 0 Å². The number of hydrogen-bond acceptors (Lipinski definition) is 3. The molecule has 0 radical (unpaired) electrons. The maximum Gasteiger partial charge on any atom is 0.279 e. The molecule has 0 saturated heterocycles. The minimum Gasteiger partial charge on any atom is -0.330 e. The van der Waals surface area contributed by atoms with Gasteiger partial charge in [-0.25, -0.2) is 4.72 Å². The molecule has 0 heterocycles. The van der Waals surface area contributed by atoms with Gasteiger partial charge in [0, 0.05) is 20.1 Å². The highest BCUT2D eigenvalue weighted by atomic mass is 32.2. The van der Waals surface area contributed by atoms with Gasteiger partial charge < -0.3 is 5.73 Å². The van der Waals surface area contributed by atoms with Gasteiger partial charge in [-0.1, -0.05) is 26.2 Å². The van der Waals surface area contributed by atoms with Crippen molar-refractivity contribution in [2.24, 2.45) is 17.6 Å². The van der Waals surface area contributed by atoms with Gasteiger partial charge in [0.1, 0.15) is 0 Å². The molecule has 0 aliphatic heterocycles. The second-order valence-corrected chi connectivity index (χ2v) is 7.65. The largest absolute Gasteiger partial charge is 0.330 e. The number of rotatable bonds is 8. The molecule has 0 bridgehead atoms. The van der Waals surface area contributed by atoms with Gasteiger partial charge in [-0.05, 0) is 37.6 Å². The van der Waals surface area contributed by atoms with Crippen LogP contribution in [0.4, 0.5) is 0 Å². The highest BCUT2D eigenvalue weighted by Gasteiger charge is 2.20. The van der Waals surface area contributed by atoms with Gasteiger partial charge in [0.2, 0.25) is 0 Å². The van der Waals surface area contributed by atoms with Gasteiger partial charge >= 0.3 is 0 Å². The Balaban J connectivity index is 2.27. The maximum absolute atomic E-state index is 11.9. The summed E-state index contributed by atoms with van der Waals surface area (Å²) < 4.78 is 27.9. The van der Waals surface area contributed by atoms with E-state index in [0.29, 0.717) is 32.0 Å². The predicted octanol–water partition coefficient (Wildman–Crippen LogP) is 1.32. The summed E-state index contributed by atoms with van der Waals surface area (Å²) in [5, 5.41) is 0.